The van der Waals surface area contributed by atoms with Crippen LogP contribution < -0.4 is 11.5 Å². The summed E-state index contributed by atoms with van der Waals surface area (Å²) in [6.45, 7) is 0.601. The van der Waals surface area contributed by atoms with Gasteiger partial charge < -0.3 is 20.9 Å². The summed E-state index contributed by atoms with van der Waals surface area (Å²) in [4.78, 5) is 15.1. The number of rotatable bonds is 5. The van der Waals surface area contributed by atoms with Gasteiger partial charge in [-0.1, -0.05) is 0 Å². The molecule has 1 heterocycles. The molecule has 17 heavy (non-hydrogen) atoms. The highest BCUT2D eigenvalue weighted by Crippen LogP contribution is 2.10. The summed E-state index contributed by atoms with van der Waals surface area (Å²) < 4.78 is 9.72. The largest absolute Gasteiger partial charge is 0.468 e. The second-order valence-electron chi connectivity index (χ2n) is 3.48. The van der Waals surface area contributed by atoms with Crippen LogP contribution in [0, 0.1) is 0 Å². The molecule has 102 valence electrons. The van der Waals surface area contributed by atoms with Crippen molar-refractivity contribution < 1.29 is 14.3 Å². The predicted molar refractivity (Wildman–Crippen MR) is 70.0 cm³/mol. The molecule has 0 saturated heterocycles. The van der Waals surface area contributed by atoms with Crippen LogP contribution in [0.1, 0.15) is 12.8 Å². The molecule has 6 nitrogen and oxygen atoms in total. The Bertz CT molecular complexity index is 264. The Balaban J connectivity index is 0. The first-order valence-electron chi connectivity index (χ1n) is 4.86. The number of ether oxygens (including phenoxy) is 2. The maximum absolute atomic E-state index is 10.9. The van der Waals surface area contributed by atoms with Gasteiger partial charge in [0.1, 0.15) is 6.04 Å². The van der Waals surface area contributed by atoms with Crippen molar-refractivity contribution in [1.29, 1.82) is 0 Å². The van der Waals surface area contributed by atoms with Crippen LogP contribution in [-0.4, -0.2) is 44.2 Å². The van der Waals surface area contributed by atoms with Crippen LogP contribution in [0.2, 0.25) is 0 Å². The summed E-state index contributed by atoms with van der Waals surface area (Å²) >= 11 is 0. The lowest BCUT2D eigenvalue weighted by Crippen LogP contribution is -2.36. The Labute approximate surface area is 113 Å². The van der Waals surface area contributed by atoms with Crippen molar-refractivity contribution in [2.24, 2.45) is 16.5 Å². The summed E-state index contributed by atoms with van der Waals surface area (Å²) in [5.74, 6) is 0.199. The molecular formula is C9H19Cl2N3O3. The van der Waals surface area contributed by atoms with E-state index in [1.807, 2.05) is 0 Å². The third-order valence-electron chi connectivity index (χ3n) is 2.19. The smallest absolute Gasteiger partial charge is 0.325 e. The van der Waals surface area contributed by atoms with Crippen molar-refractivity contribution in [1.82, 2.24) is 0 Å². The number of halogens is 2. The fourth-order valence-corrected chi connectivity index (χ4v) is 1.35. The fraction of sp³-hybridized carbons (Fsp3) is 0.778. The summed E-state index contributed by atoms with van der Waals surface area (Å²) in [7, 11) is 1.30. The SMILES string of the molecule is COC(=O)[C@@H](N)COC[C@@H]1CCC(N)=N1.Cl.Cl. The van der Waals surface area contributed by atoms with E-state index < -0.39 is 12.0 Å². The van der Waals surface area contributed by atoms with Gasteiger partial charge in [0.2, 0.25) is 0 Å². The average molecular weight is 288 g/mol. The normalized spacial score (nSPS) is 19.6. The molecule has 0 radical (unpaired) electrons. The number of aliphatic imine (C=N–C) groups is 1. The van der Waals surface area contributed by atoms with Crippen molar-refractivity contribution in [3.63, 3.8) is 0 Å². The molecule has 1 aliphatic rings. The molecule has 0 aliphatic carbocycles. The van der Waals surface area contributed by atoms with Crippen LogP contribution in [0.3, 0.4) is 0 Å². The highest BCUT2D eigenvalue weighted by Gasteiger charge is 2.18. The lowest BCUT2D eigenvalue weighted by molar-refractivity contribution is -0.143. The van der Waals surface area contributed by atoms with E-state index in [9.17, 15) is 4.79 Å². The van der Waals surface area contributed by atoms with Gasteiger partial charge in [-0.2, -0.15) is 0 Å². The second-order valence-corrected chi connectivity index (χ2v) is 3.48. The summed E-state index contributed by atoms with van der Waals surface area (Å²) in [6, 6.07) is -0.618. The van der Waals surface area contributed by atoms with Gasteiger partial charge in [-0.05, 0) is 6.42 Å². The monoisotopic (exact) mass is 287 g/mol. The molecule has 1 rings (SSSR count). The van der Waals surface area contributed by atoms with E-state index in [1.54, 1.807) is 0 Å². The number of hydrogen-bond donors (Lipinski definition) is 2. The molecule has 0 fully saturated rings. The predicted octanol–water partition coefficient (Wildman–Crippen LogP) is -0.134. The number of carbonyl (C=O) groups excluding carboxylic acids is 1. The van der Waals surface area contributed by atoms with Crippen molar-refractivity contribution >= 4 is 36.6 Å². The Morgan fingerprint density at radius 1 is 1.59 bits per heavy atom. The highest BCUT2D eigenvalue weighted by molar-refractivity contribution is 5.85. The zero-order valence-electron chi connectivity index (χ0n) is 9.63. The van der Waals surface area contributed by atoms with Gasteiger partial charge in [-0.3, -0.25) is 9.79 Å². The molecule has 4 N–H and O–H groups in total. The van der Waals surface area contributed by atoms with Crippen LogP contribution in [-0.2, 0) is 14.3 Å². The molecule has 2 atom stereocenters. The quantitative estimate of drug-likeness (QED) is 0.686. The molecule has 0 aromatic rings. The lowest BCUT2D eigenvalue weighted by Gasteiger charge is -2.11. The number of carbonyl (C=O) groups is 1. The minimum atomic E-state index is -0.724. The van der Waals surface area contributed by atoms with E-state index in [0.29, 0.717) is 12.4 Å². The first-order valence-corrected chi connectivity index (χ1v) is 4.86. The zero-order valence-corrected chi connectivity index (χ0v) is 11.3. The molecule has 0 bridgehead atoms. The Morgan fingerprint density at radius 2 is 2.24 bits per heavy atom. The molecule has 0 aromatic carbocycles. The van der Waals surface area contributed by atoms with Gasteiger partial charge in [-0.25, -0.2) is 0 Å². The summed E-state index contributed by atoms with van der Waals surface area (Å²) in [5.41, 5.74) is 11.0. The van der Waals surface area contributed by atoms with Crippen LogP contribution in [0.15, 0.2) is 4.99 Å². The summed E-state index contributed by atoms with van der Waals surface area (Å²) in [5, 5.41) is 0. The number of nitrogens with two attached hydrogens (primary N) is 2. The van der Waals surface area contributed by atoms with Crippen LogP contribution >= 0.6 is 24.8 Å². The van der Waals surface area contributed by atoms with Crippen molar-refractivity contribution in [3.8, 4) is 0 Å². The zero-order chi connectivity index (χ0) is 11.3. The van der Waals surface area contributed by atoms with Crippen LogP contribution in [0.25, 0.3) is 0 Å². The third-order valence-corrected chi connectivity index (χ3v) is 2.19. The minimum Gasteiger partial charge on any atom is -0.468 e. The van der Waals surface area contributed by atoms with E-state index >= 15 is 0 Å². The molecule has 1 aliphatic heterocycles. The third kappa shape index (κ3) is 6.68. The van der Waals surface area contributed by atoms with Gasteiger partial charge in [0.15, 0.2) is 0 Å². The second kappa shape index (κ2) is 9.47. The molecule has 8 heteroatoms. The van der Waals surface area contributed by atoms with Gasteiger partial charge >= 0.3 is 5.97 Å². The van der Waals surface area contributed by atoms with Crippen molar-refractivity contribution in [2.45, 2.75) is 24.9 Å². The molecule has 0 amide bonds. The molecule has 0 spiro atoms. The van der Waals surface area contributed by atoms with Gasteiger partial charge in [-0.15, -0.1) is 24.8 Å². The maximum atomic E-state index is 10.9. The summed E-state index contributed by atoms with van der Waals surface area (Å²) in [6.07, 6.45) is 1.72. The first kappa shape index (κ1) is 18.8. The number of esters is 1. The van der Waals surface area contributed by atoms with Gasteiger partial charge in [0.25, 0.3) is 0 Å². The van der Waals surface area contributed by atoms with Crippen molar-refractivity contribution in [2.75, 3.05) is 20.3 Å². The van der Waals surface area contributed by atoms with E-state index in [4.69, 9.17) is 16.2 Å². The van der Waals surface area contributed by atoms with Gasteiger partial charge in [0.05, 0.1) is 32.2 Å². The van der Waals surface area contributed by atoms with E-state index in [2.05, 4.69) is 9.73 Å². The van der Waals surface area contributed by atoms with E-state index in [1.165, 1.54) is 7.11 Å². The molecule has 0 unspecified atom stereocenters. The number of nitrogens with zero attached hydrogens (tertiary/aromatic N) is 1. The maximum Gasteiger partial charge on any atom is 0.325 e. The van der Waals surface area contributed by atoms with Crippen LogP contribution in [0.4, 0.5) is 0 Å². The molecular weight excluding hydrogens is 269 g/mol. The van der Waals surface area contributed by atoms with E-state index in [-0.39, 0.29) is 37.5 Å². The highest BCUT2D eigenvalue weighted by atomic mass is 35.5. The van der Waals surface area contributed by atoms with E-state index in [0.717, 1.165) is 12.8 Å². The number of amidine groups is 1. The fourth-order valence-electron chi connectivity index (χ4n) is 1.35. The van der Waals surface area contributed by atoms with Gasteiger partial charge in [0, 0.05) is 6.42 Å². The Hall–Kier alpha value is -0.560. The molecule has 0 saturated carbocycles. The number of hydrogen-bond acceptors (Lipinski definition) is 6. The first-order chi connectivity index (χ1) is 7.13. The minimum absolute atomic E-state index is 0. The lowest BCUT2D eigenvalue weighted by atomic mass is 10.2. The average Bonchev–Trinajstić information content (AvgIpc) is 2.63. The van der Waals surface area contributed by atoms with Crippen LogP contribution in [0.5, 0.6) is 0 Å². The van der Waals surface area contributed by atoms with Crippen molar-refractivity contribution in [3.05, 3.63) is 0 Å². The Morgan fingerprint density at radius 3 is 2.71 bits per heavy atom. The standard InChI is InChI=1S/C9H17N3O3.2ClH/c1-14-9(13)7(10)5-15-4-6-2-3-8(11)12-6;;/h6-7H,2-5,10H2,1H3,(H2,11,12);2*1H/t6-,7-;;/m0../s1. The Kier molecular flexibility index (Phi) is 10.5. The molecule has 0 aromatic heterocycles. The number of methoxy groups -OCH3 is 1. The topological polar surface area (TPSA) is 99.9 Å².